The van der Waals surface area contributed by atoms with Crippen molar-refractivity contribution in [2.24, 2.45) is 5.73 Å². The number of imidazole rings is 1. The molecule has 0 aliphatic carbocycles. The summed E-state index contributed by atoms with van der Waals surface area (Å²) in [6.07, 6.45) is 9.18. The van der Waals surface area contributed by atoms with Crippen molar-refractivity contribution in [3.63, 3.8) is 0 Å². The molecule has 0 unspecified atom stereocenters. The van der Waals surface area contributed by atoms with Crippen molar-refractivity contribution in [3.8, 4) is 22.4 Å². The zero-order chi connectivity index (χ0) is 24.6. The predicted molar refractivity (Wildman–Crippen MR) is 142 cm³/mol. The fourth-order valence-corrected chi connectivity index (χ4v) is 4.94. The fraction of sp³-hybridized carbons (Fsp3) is 0.133. The van der Waals surface area contributed by atoms with Gasteiger partial charge in [0.05, 0.1) is 23.2 Å². The number of pyridine rings is 2. The van der Waals surface area contributed by atoms with Crippen molar-refractivity contribution in [2.45, 2.75) is 25.8 Å². The first kappa shape index (κ1) is 22.2. The van der Waals surface area contributed by atoms with Gasteiger partial charge in [-0.3, -0.25) is 4.98 Å². The molecule has 2 aromatic carbocycles. The standard InChI is InChI=1S/C30H26FN5/c1-19-13-20(8-10-26(19)31)30-25(6-4-12-33-30)21-9-11-29-28(35-18-36(29)17-21)15-23(32)14-22-16-34-27-7-3-2-5-24(22)27/h2-13,16-18,23,34H,14-15,32H2,1H3/t23-/m0/s1. The average Bonchev–Trinajstić information content (AvgIpc) is 3.49. The summed E-state index contributed by atoms with van der Waals surface area (Å²) in [5.41, 5.74) is 15.2. The number of hydrogen-bond donors (Lipinski definition) is 2. The van der Waals surface area contributed by atoms with Crippen LogP contribution >= 0.6 is 0 Å². The van der Waals surface area contributed by atoms with E-state index in [0.29, 0.717) is 12.0 Å². The molecule has 0 saturated carbocycles. The van der Waals surface area contributed by atoms with Crippen molar-refractivity contribution in [1.29, 1.82) is 0 Å². The first-order valence-corrected chi connectivity index (χ1v) is 12.0. The van der Waals surface area contributed by atoms with Crippen LogP contribution in [0.1, 0.15) is 16.8 Å². The molecule has 0 spiro atoms. The number of hydrogen-bond acceptors (Lipinski definition) is 3. The second kappa shape index (κ2) is 9.06. The van der Waals surface area contributed by atoms with Gasteiger partial charge < -0.3 is 15.1 Å². The lowest BCUT2D eigenvalue weighted by Gasteiger charge is -2.12. The van der Waals surface area contributed by atoms with Gasteiger partial charge in [0.25, 0.3) is 0 Å². The minimum Gasteiger partial charge on any atom is -0.361 e. The summed E-state index contributed by atoms with van der Waals surface area (Å²) in [6, 6.07) is 21.5. The Morgan fingerprint density at radius 2 is 1.83 bits per heavy atom. The molecule has 0 fully saturated rings. The number of fused-ring (bicyclic) bond motifs is 2. The van der Waals surface area contributed by atoms with E-state index in [-0.39, 0.29) is 11.9 Å². The third-order valence-electron chi connectivity index (χ3n) is 6.77. The van der Waals surface area contributed by atoms with E-state index in [1.807, 2.05) is 35.0 Å². The second-order valence-electron chi connectivity index (χ2n) is 9.29. The molecule has 0 radical (unpaired) electrons. The van der Waals surface area contributed by atoms with Crippen LogP contribution in [0, 0.1) is 12.7 Å². The van der Waals surface area contributed by atoms with E-state index in [1.54, 1.807) is 19.2 Å². The highest BCUT2D eigenvalue weighted by atomic mass is 19.1. The number of aryl methyl sites for hydroxylation is 1. The van der Waals surface area contributed by atoms with Crippen LogP contribution < -0.4 is 5.73 Å². The van der Waals surface area contributed by atoms with Crippen LogP contribution in [0.25, 0.3) is 38.8 Å². The van der Waals surface area contributed by atoms with Gasteiger partial charge in [0.1, 0.15) is 5.82 Å². The number of nitrogens with two attached hydrogens (primary N) is 1. The molecule has 4 heterocycles. The van der Waals surface area contributed by atoms with Crippen LogP contribution in [0.4, 0.5) is 4.39 Å². The van der Waals surface area contributed by atoms with Crippen LogP contribution in [0.2, 0.25) is 0 Å². The van der Waals surface area contributed by atoms with Gasteiger partial charge >= 0.3 is 0 Å². The maximum Gasteiger partial charge on any atom is 0.126 e. The third kappa shape index (κ3) is 4.06. The Balaban J connectivity index is 1.28. The van der Waals surface area contributed by atoms with E-state index in [9.17, 15) is 4.39 Å². The Hall–Kier alpha value is -4.29. The number of benzene rings is 2. The Morgan fingerprint density at radius 1 is 0.972 bits per heavy atom. The predicted octanol–water partition coefficient (Wildman–Crippen LogP) is 6.10. The molecular formula is C30H26FN5. The van der Waals surface area contributed by atoms with Gasteiger partial charge in [-0.05, 0) is 60.9 Å². The highest BCUT2D eigenvalue weighted by Crippen LogP contribution is 2.31. The maximum atomic E-state index is 13.8. The number of para-hydroxylation sites is 1. The Kier molecular flexibility index (Phi) is 5.58. The fourth-order valence-electron chi connectivity index (χ4n) is 4.94. The van der Waals surface area contributed by atoms with Crippen LogP contribution in [0.15, 0.2) is 91.6 Å². The third-order valence-corrected chi connectivity index (χ3v) is 6.77. The van der Waals surface area contributed by atoms with Crippen molar-refractivity contribution < 1.29 is 4.39 Å². The van der Waals surface area contributed by atoms with E-state index in [4.69, 9.17) is 5.73 Å². The lowest BCUT2D eigenvalue weighted by Crippen LogP contribution is -2.25. The second-order valence-corrected chi connectivity index (χ2v) is 9.29. The number of H-pyrrole nitrogens is 1. The van der Waals surface area contributed by atoms with E-state index in [2.05, 4.69) is 57.7 Å². The van der Waals surface area contributed by atoms with E-state index < -0.39 is 0 Å². The zero-order valence-corrected chi connectivity index (χ0v) is 19.9. The van der Waals surface area contributed by atoms with Gasteiger partial charge in [0.15, 0.2) is 0 Å². The number of nitrogens with zero attached hydrogens (tertiary/aromatic N) is 3. The highest BCUT2D eigenvalue weighted by Gasteiger charge is 2.15. The first-order valence-electron chi connectivity index (χ1n) is 12.0. The molecule has 6 aromatic rings. The van der Waals surface area contributed by atoms with Crippen molar-refractivity contribution in [3.05, 3.63) is 114 Å². The maximum absolute atomic E-state index is 13.8. The van der Waals surface area contributed by atoms with Gasteiger partial charge in [0.2, 0.25) is 0 Å². The van der Waals surface area contributed by atoms with Crippen molar-refractivity contribution in [2.75, 3.05) is 0 Å². The summed E-state index contributed by atoms with van der Waals surface area (Å²) >= 11 is 0. The van der Waals surface area contributed by atoms with Gasteiger partial charge in [-0.2, -0.15) is 0 Å². The smallest absolute Gasteiger partial charge is 0.126 e. The number of rotatable bonds is 6. The minimum atomic E-state index is -0.216. The van der Waals surface area contributed by atoms with Crippen LogP contribution in [-0.4, -0.2) is 25.4 Å². The summed E-state index contributed by atoms with van der Waals surface area (Å²) in [6.45, 7) is 1.77. The lowest BCUT2D eigenvalue weighted by atomic mass is 9.99. The number of aromatic amines is 1. The minimum absolute atomic E-state index is 0.0470. The average molecular weight is 476 g/mol. The highest BCUT2D eigenvalue weighted by molar-refractivity contribution is 5.83. The number of nitrogens with one attached hydrogen (secondary N) is 1. The van der Waals surface area contributed by atoms with E-state index >= 15 is 0 Å². The van der Waals surface area contributed by atoms with E-state index in [1.165, 1.54) is 17.0 Å². The summed E-state index contributed by atoms with van der Waals surface area (Å²) in [4.78, 5) is 12.6. The molecule has 0 bridgehead atoms. The molecule has 3 N–H and O–H groups in total. The molecule has 6 heteroatoms. The molecule has 0 aliphatic heterocycles. The quantitative estimate of drug-likeness (QED) is 0.306. The molecule has 6 rings (SSSR count). The van der Waals surface area contributed by atoms with Crippen molar-refractivity contribution >= 4 is 16.4 Å². The summed E-state index contributed by atoms with van der Waals surface area (Å²) < 4.78 is 15.9. The van der Waals surface area contributed by atoms with Gasteiger partial charge in [0, 0.05) is 58.6 Å². The molecule has 1 atom stereocenters. The molecular weight excluding hydrogens is 449 g/mol. The monoisotopic (exact) mass is 475 g/mol. The largest absolute Gasteiger partial charge is 0.361 e. The normalized spacial score (nSPS) is 12.4. The molecule has 36 heavy (non-hydrogen) atoms. The molecule has 0 amide bonds. The Labute approximate surface area is 208 Å². The first-order chi connectivity index (χ1) is 17.6. The molecule has 0 aliphatic rings. The molecule has 4 aromatic heterocycles. The van der Waals surface area contributed by atoms with Crippen molar-refractivity contribution in [1.82, 2.24) is 19.4 Å². The van der Waals surface area contributed by atoms with Crippen LogP contribution in [0.5, 0.6) is 0 Å². The summed E-state index contributed by atoms with van der Waals surface area (Å²) in [5, 5.41) is 1.22. The van der Waals surface area contributed by atoms with Crippen LogP contribution in [-0.2, 0) is 12.8 Å². The Morgan fingerprint density at radius 3 is 2.72 bits per heavy atom. The Bertz CT molecular complexity index is 1700. The van der Waals surface area contributed by atoms with E-state index in [0.717, 1.165) is 45.5 Å². The van der Waals surface area contributed by atoms with Gasteiger partial charge in [-0.15, -0.1) is 0 Å². The van der Waals surface area contributed by atoms with Gasteiger partial charge in [-0.25, -0.2) is 9.37 Å². The molecule has 0 saturated heterocycles. The topological polar surface area (TPSA) is 72.0 Å². The number of halogens is 1. The SMILES string of the molecule is Cc1cc(-c2ncccc2-c2ccc3c(C[C@@H](N)Cc4c[nH]c5ccccc45)ncn3c2)ccc1F. The zero-order valence-electron chi connectivity index (χ0n) is 19.9. The summed E-state index contributed by atoms with van der Waals surface area (Å²) in [5.74, 6) is -0.216. The number of aromatic nitrogens is 4. The lowest BCUT2D eigenvalue weighted by molar-refractivity contribution is 0.619. The van der Waals surface area contributed by atoms with Gasteiger partial charge in [-0.1, -0.05) is 30.3 Å². The van der Waals surface area contributed by atoms with Crippen LogP contribution in [0.3, 0.4) is 0 Å². The molecule has 5 nitrogen and oxygen atoms in total. The molecule has 178 valence electrons. The summed E-state index contributed by atoms with van der Waals surface area (Å²) in [7, 11) is 0.